The van der Waals surface area contributed by atoms with Crippen LogP contribution in [0.15, 0.2) is 30.3 Å². The molecule has 1 unspecified atom stereocenters. The van der Waals surface area contributed by atoms with Gasteiger partial charge in [0.1, 0.15) is 5.78 Å². The second kappa shape index (κ2) is 4.97. The van der Waals surface area contributed by atoms with Gasteiger partial charge in [-0.25, -0.2) is 4.90 Å². The summed E-state index contributed by atoms with van der Waals surface area (Å²) >= 11 is 0. The first-order valence-electron chi connectivity index (χ1n) is 8.83. The van der Waals surface area contributed by atoms with E-state index in [2.05, 4.69) is 4.98 Å². The number of Topliss-reactive ketones (excluding diaryl/α,β-unsaturated/α-hetero) is 1. The second-order valence-corrected chi connectivity index (χ2v) is 7.48. The van der Waals surface area contributed by atoms with Crippen LogP contribution in [0.5, 0.6) is 0 Å². The van der Waals surface area contributed by atoms with Gasteiger partial charge in [0.15, 0.2) is 0 Å². The second-order valence-electron chi connectivity index (χ2n) is 7.48. The van der Waals surface area contributed by atoms with Crippen molar-refractivity contribution in [3.63, 3.8) is 0 Å². The molecule has 0 spiro atoms. The van der Waals surface area contributed by atoms with Gasteiger partial charge in [-0.15, -0.1) is 0 Å². The molecule has 1 aromatic heterocycles. The van der Waals surface area contributed by atoms with Gasteiger partial charge < -0.3 is 0 Å². The summed E-state index contributed by atoms with van der Waals surface area (Å²) < 4.78 is 0. The number of pyridine rings is 1. The molecule has 3 saturated carbocycles. The molecule has 2 bridgehead atoms. The van der Waals surface area contributed by atoms with Crippen LogP contribution < -0.4 is 4.90 Å². The Morgan fingerprint density at radius 3 is 2.60 bits per heavy atom. The Kier molecular flexibility index (Phi) is 2.94. The van der Waals surface area contributed by atoms with Gasteiger partial charge in [-0.2, -0.15) is 0 Å². The summed E-state index contributed by atoms with van der Waals surface area (Å²) in [5.74, 6) is -1.25. The van der Waals surface area contributed by atoms with Gasteiger partial charge >= 0.3 is 0 Å². The number of rotatable bonds is 1. The monoisotopic (exact) mass is 334 g/mol. The van der Waals surface area contributed by atoms with Crippen LogP contribution in [0, 0.1) is 30.6 Å². The molecule has 1 saturated heterocycles. The number of aromatic nitrogens is 1. The lowest BCUT2D eigenvalue weighted by Crippen LogP contribution is -2.46. The van der Waals surface area contributed by atoms with Crippen LogP contribution in [0.2, 0.25) is 0 Å². The normalized spacial score (nSPS) is 31.1. The number of benzene rings is 1. The molecule has 6 rings (SSSR count). The largest absolute Gasteiger partial charge is 0.299 e. The number of ketones is 1. The maximum atomic E-state index is 13.1. The third-order valence-corrected chi connectivity index (χ3v) is 6.14. The first-order chi connectivity index (χ1) is 12.1. The number of nitrogens with zero attached hydrogens (tertiary/aromatic N) is 2. The maximum absolute atomic E-state index is 13.1. The predicted molar refractivity (Wildman–Crippen MR) is 91.8 cm³/mol. The smallest absolute Gasteiger partial charge is 0.238 e. The van der Waals surface area contributed by atoms with Crippen molar-refractivity contribution in [2.45, 2.75) is 26.2 Å². The van der Waals surface area contributed by atoms with Crippen LogP contribution in [0.1, 0.15) is 25.0 Å². The van der Waals surface area contributed by atoms with Gasteiger partial charge in [0.25, 0.3) is 0 Å². The van der Waals surface area contributed by atoms with Crippen molar-refractivity contribution in [1.82, 2.24) is 4.98 Å². The van der Waals surface area contributed by atoms with Crippen LogP contribution in [-0.4, -0.2) is 22.6 Å². The molecule has 25 heavy (non-hydrogen) atoms. The summed E-state index contributed by atoms with van der Waals surface area (Å²) in [6.45, 7) is 1.89. The number of para-hydroxylation sites is 1. The minimum Gasteiger partial charge on any atom is -0.299 e. The molecule has 5 heteroatoms. The Morgan fingerprint density at radius 1 is 1.00 bits per heavy atom. The fourth-order valence-electron chi connectivity index (χ4n) is 5.03. The topological polar surface area (TPSA) is 67.3 Å². The average Bonchev–Trinajstić information content (AvgIpc) is 2.88. The number of carbonyl (C=O) groups is 3. The number of anilines is 1. The highest BCUT2D eigenvalue weighted by Gasteiger charge is 2.61. The minimum absolute atomic E-state index is 0.0219. The van der Waals surface area contributed by atoms with Gasteiger partial charge in [-0.3, -0.25) is 19.4 Å². The van der Waals surface area contributed by atoms with Crippen molar-refractivity contribution in [3.05, 3.63) is 36.0 Å². The molecule has 1 aromatic carbocycles. The Morgan fingerprint density at radius 2 is 1.80 bits per heavy atom. The Balaban J connectivity index is 1.67. The molecule has 126 valence electrons. The predicted octanol–water partition coefficient (Wildman–Crippen LogP) is 2.65. The van der Waals surface area contributed by atoms with E-state index in [-0.39, 0.29) is 35.4 Å². The first kappa shape index (κ1) is 14.8. The van der Waals surface area contributed by atoms with Gasteiger partial charge in [-0.05, 0) is 37.8 Å². The Hall–Kier alpha value is -2.56. The van der Waals surface area contributed by atoms with E-state index in [1.54, 1.807) is 6.07 Å². The molecule has 5 nitrogen and oxygen atoms in total. The standard InChI is InChI=1S/C20H18N2O3/c1-10-5-6-11-3-2-4-14(18(11)21-10)22-19(24)16-12-7-8-13(15(23)9-12)17(16)20(22)25/h2-6,12-13,16-17H,7-9H2,1H3/t12-,13+,16+,17?/m0/s1. The van der Waals surface area contributed by atoms with E-state index in [0.717, 1.165) is 23.9 Å². The van der Waals surface area contributed by atoms with E-state index in [1.807, 2.05) is 31.2 Å². The van der Waals surface area contributed by atoms with E-state index in [1.165, 1.54) is 4.90 Å². The highest BCUT2D eigenvalue weighted by atomic mass is 16.2. The van der Waals surface area contributed by atoms with E-state index in [9.17, 15) is 14.4 Å². The van der Waals surface area contributed by atoms with E-state index in [4.69, 9.17) is 0 Å². The molecule has 2 aromatic rings. The van der Waals surface area contributed by atoms with Crippen LogP contribution in [0.4, 0.5) is 5.69 Å². The highest BCUT2D eigenvalue weighted by molar-refractivity contribution is 6.25. The zero-order valence-corrected chi connectivity index (χ0v) is 13.9. The van der Waals surface area contributed by atoms with Gasteiger partial charge in [0, 0.05) is 23.4 Å². The van der Waals surface area contributed by atoms with Crippen molar-refractivity contribution in [3.8, 4) is 0 Å². The summed E-state index contributed by atoms with van der Waals surface area (Å²) in [6.07, 6.45) is 2.06. The SMILES string of the molecule is Cc1ccc2cccc(N3C(=O)C4[C@@H]5CC[C@@H](CC5=O)[C@H]4C3=O)c2n1. The molecule has 0 radical (unpaired) electrons. The quantitative estimate of drug-likeness (QED) is 0.752. The van der Waals surface area contributed by atoms with E-state index >= 15 is 0 Å². The average molecular weight is 334 g/mol. The lowest BCUT2D eigenvalue weighted by Gasteiger charge is -2.41. The fourth-order valence-corrected chi connectivity index (χ4v) is 5.03. The number of amides is 2. The van der Waals surface area contributed by atoms with Crippen molar-refractivity contribution in [2.24, 2.45) is 23.7 Å². The number of aryl methyl sites for hydroxylation is 1. The summed E-state index contributed by atoms with van der Waals surface area (Å²) in [5, 5.41) is 0.901. The maximum Gasteiger partial charge on any atom is 0.238 e. The third kappa shape index (κ3) is 1.89. The number of hydrogen-bond donors (Lipinski definition) is 0. The molecular weight excluding hydrogens is 316 g/mol. The Bertz CT molecular complexity index is 951. The fraction of sp³-hybridized carbons (Fsp3) is 0.400. The zero-order chi connectivity index (χ0) is 17.3. The lowest BCUT2D eigenvalue weighted by molar-refractivity contribution is -0.143. The van der Waals surface area contributed by atoms with Crippen molar-refractivity contribution in [2.75, 3.05) is 4.90 Å². The van der Waals surface area contributed by atoms with E-state index < -0.39 is 5.92 Å². The minimum atomic E-state index is -0.465. The lowest BCUT2D eigenvalue weighted by atomic mass is 9.59. The number of carbonyl (C=O) groups excluding carboxylic acids is 3. The summed E-state index contributed by atoms with van der Waals surface area (Å²) in [4.78, 5) is 44.4. The number of hydrogen-bond acceptors (Lipinski definition) is 4. The number of fused-ring (bicyclic) bond motifs is 3. The summed E-state index contributed by atoms with van der Waals surface area (Å²) in [5.41, 5.74) is 2.06. The van der Waals surface area contributed by atoms with Crippen LogP contribution in [-0.2, 0) is 14.4 Å². The Labute approximate surface area is 145 Å². The molecule has 1 aliphatic heterocycles. The van der Waals surface area contributed by atoms with Crippen LogP contribution in [0.25, 0.3) is 10.9 Å². The third-order valence-electron chi connectivity index (χ3n) is 6.14. The van der Waals surface area contributed by atoms with Crippen LogP contribution >= 0.6 is 0 Å². The van der Waals surface area contributed by atoms with Crippen molar-refractivity contribution >= 4 is 34.2 Å². The number of imide groups is 1. The molecule has 2 amide bonds. The van der Waals surface area contributed by atoms with Crippen LogP contribution in [0.3, 0.4) is 0 Å². The summed E-state index contributed by atoms with van der Waals surface area (Å²) in [6, 6.07) is 9.42. The molecule has 3 aliphatic carbocycles. The van der Waals surface area contributed by atoms with E-state index in [0.29, 0.717) is 17.6 Å². The van der Waals surface area contributed by atoms with Crippen molar-refractivity contribution < 1.29 is 14.4 Å². The first-order valence-corrected chi connectivity index (χ1v) is 8.83. The van der Waals surface area contributed by atoms with Gasteiger partial charge in [-0.1, -0.05) is 18.2 Å². The highest BCUT2D eigenvalue weighted by Crippen LogP contribution is 2.52. The molecule has 0 N–H and O–H groups in total. The molecule has 4 atom stereocenters. The molecule has 2 heterocycles. The van der Waals surface area contributed by atoms with Gasteiger partial charge in [0.2, 0.25) is 11.8 Å². The summed E-state index contributed by atoms with van der Waals surface area (Å²) in [7, 11) is 0. The van der Waals surface area contributed by atoms with Gasteiger partial charge in [0.05, 0.1) is 23.0 Å². The molecule has 4 fully saturated rings. The molecule has 4 aliphatic rings. The zero-order valence-electron chi connectivity index (χ0n) is 13.9. The molecular formula is C20H18N2O3. The van der Waals surface area contributed by atoms with Crippen molar-refractivity contribution in [1.29, 1.82) is 0 Å².